The van der Waals surface area contributed by atoms with Gasteiger partial charge in [-0.25, -0.2) is 4.79 Å². The first kappa shape index (κ1) is 24.6. The number of urea groups is 1. The van der Waals surface area contributed by atoms with Crippen molar-refractivity contribution in [3.63, 3.8) is 0 Å². The molecule has 6 rings (SSSR count). The van der Waals surface area contributed by atoms with Crippen LogP contribution in [0.25, 0.3) is 11.7 Å². The number of anilines is 2. The number of amides is 4. The number of nitrogens with one attached hydrogen (secondary N) is 5. The molecule has 4 amide bonds. The fraction of sp³-hybridized carbons (Fsp3) is 0.600. The highest BCUT2D eigenvalue weighted by Crippen LogP contribution is 2.27. The average molecular weight is 523 g/mol. The molecule has 2 saturated heterocycles. The monoisotopic (exact) mass is 522 g/mol. The summed E-state index contributed by atoms with van der Waals surface area (Å²) in [6.45, 7) is 4.01. The van der Waals surface area contributed by atoms with E-state index in [0.29, 0.717) is 29.1 Å². The molecule has 0 bridgehead atoms. The highest BCUT2D eigenvalue weighted by molar-refractivity contribution is 6.14. The molecule has 4 heterocycles. The molecule has 13 heteroatoms. The highest BCUT2D eigenvalue weighted by atomic mass is 16.2. The Labute approximate surface area is 220 Å². The first-order valence-corrected chi connectivity index (χ1v) is 13.6. The SMILES string of the molecule is CC(C(=O)N[C@H]1CC[C@H](Nc2nc(NC3CC3)n3ncc(/C=C4\NC(=O)NC4=O)c3n2)CC1)N1CCCC1. The van der Waals surface area contributed by atoms with Crippen molar-refractivity contribution >= 4 is 41.5 Å². The van der Waals surface area contributed by atoms with E-state index in [9.17, 15) is 14.4 Å². The third kappa shape index (κ3) is 5.28. The molecule has 0 aromatic carbocycles. The van der Waals surface area contributed by atoms with Gasteiger partial charge in [0.2, 0.25) is 17.8 Å². The zero-order chi connectivity index (χ0) is 26.2. The van der Waals surface area contributed by atoms with Crippen LogP contribution in [0.1, 0.15) is 63.9 Å². The van der Waals surface area contributed by atoms with Crippen LogP contribution in [-0.4, -0.2) is 79.6 Å². The summed E-state index contributed by atoms with van der Waals surface area (Å²) >= 11 is 0. The van der Waals surface area contributed by atoms with Gasteiger partial charge in [0.05, 0.1) is 12.2 Å². The standard InChI is InChI=1S/C25H34N10O3/c1-14(34-10-2-3-11-34)21(36)27-16-4-6-17(7-5-16)28-23-31-20-15(12-19-22(37)32-25(38)30-19)13-26-35(20)24(33-23)29-18-8-9-18/h12-14,16-18H,2-11H2,1H3,(H,27,36)(H2,28,29,31,33)(H2,30,32,37,38)/b19-12-/t14?,16-,17-. The number of hydrogen-bond donors (Lipinski definition) is 5. The number of likely N-dealkylation sites (tertiary alicyclic amines) is 1. The molecule has 2 aromatic rings. The smallest absolute Gasteiger partial charge is 0.326 e. The van der Waals surface area contributed by atoms with Crippen LogP contribution >= 0.6 is 0 Å². The number of nitrogens with zero attached hydrogens (tertiary/aromatic N) is 5. The summed E-state index contributed by atoms with van der Waals surface area (Å²) in [7, 11) is 0. The van der Waals surface area contributed by atoms with Crippen LogP contribution < -0.4 is 26.6 Å². The van der Waals surface area contributed by atoms with Gasteiger partial charge in [-0.15, -0.1) is 0 Å². The number of rotatable bonds is 8. The maximum absolute atomic E-state index is 12.7. The van der Waals surface area contributed by atoms with Crippen LogP contribution in [-0.2, 0) is 9.59 Å². The second-order valence-corrected chi connectivity index (χ2v) is 10.7. The second-order valence-electron chi connectivity index (χ2n) is 10.7. The number of hydrogen-bond acceptors (Lipinski definition) is 9. The second kappa shape index (κ2) is 10.2. The summed E-state index contributed by atoms with van der Waals surface area (Å²) in [5.74, 6) is 0.705. The number of imide groups is 1. The molecule has 202 valence electrons. The maximum Gasteiger partial charge on any atom is 0.326 e. The Morgan fingerprint density at radius 3 is 2.37 bits per heavy atom. The van der Waals surface area contributed by atoms with Crippen molar-refractivity contribution in [3.05, 3.63) is 17.5 Å². The van der Waals surface area contributed by atoms with Gasteiger partial charge in [-0.1, -0.05) is 0 Å². The predicted molar refractivity (Wildman–Crippen MR) is 140 cm³/mol. The van der Waals surface area contributed by atoms with Gasteiger partial charge >= 0.3 is 6.03 Å². The molecule has 4 aliphatic rings. The molecular formula is C25H34N10O3. The van der Waals surface area contributed by atoms with Crippen molar-refractivity contribution in [2.75, 3.05) is 23.7 Å². The van der Waals surface area contributed by atoms with Gasteiger partial charge in [-0.3, -0.25) is 19.8 Å². The number of aromatic nitrogens is 4. The van der Waals surface area contributed by atoms with Gasteiger partial charge < -0.3 is 21.3 Å². The third-order valence-electron chi connectivity index (χ3n) is 7.80. The third-order valence-corrected chi connectivity index (χ3v) is 7.80. The lowest BCUT2D eigenvalue weighted by Crippen LogP contribution is -2.48. The summed E-state index contributed by atoms with van der Waals surface area (Å²) in [6.07, 6.45) is 11.2. The first-order valence-electron chi connectivity index (χ1n) is 13.6. The average Bonchev–Trinajstić information content (AvgIpc) is 3.25. The molecule has 2 saturated carbocycles. The van der Waals surface area contributed by atoms with Crippen LogP contribution in [0.4, 0.5) is 16.7 Å². The molecule has 0 radical (unpaired) electrons. The van der Waals surface area contributed by atoms with Crippen molar-refractivity contribution in [2.45, 2.75) is 82.5 Å². The Morgan fingerprint density at radius 2 is 1.68 bits per heavy atom. The molecule has 1 atom stereocenters. The zero-order valence-electron chi connectivity index (χ0n) is 21.5. The molecule has 13 nitrogen and oxygen atoms in total. The van der Waals surface area contributed by atoms with Crippen molar-refractivity contribution in [2.24, 2.45) is 0 Å². The van der Waals surface area contributed by atoms with Crippen molar-refractivity contribution in [1.82, 2.24) is 40.4 Å². The van der Waals surface area contributed by atoms with Gasteiger partial charge in [-0.05, 0) is 77.5 Å². The molecule has 5 N–H and O–H groups in total. The number of carbonyl (C=O) groups is 3. The van der Waals surface area contributed by atoms with Gasteiger partial charge in [0, 0.05) is 23.7 Å². The minimum atomic E-state index is -0.553. The fourth-order valence-corrected chi connectivity index (χ4v) is 5.38. The molecule has 2 aromatic heterocycles. The van der Waals surface area contributed by atoms with E-state index >= 15 is 0 Å². The van der Waals surface area contributed by atoms with Crippen molar-refractivity contribution in [3.8, 4) is 0 Å². The number of fused-ring (bicyclic) bond motifs is 1. The van der Waals surface area contributed by atoms with Crippen molar-refractivity contribution < 1.29 is 14.4 Å². The number of carbonyl (C=O) groups excluding carboxylic acids is 3. The summed E-state index contributed by atoms with van der Waals surface area (Å²) in [5.41, 5.74) is 1.28. The van der Waals surface area contributed by atoms with E-state index in [1.807, 2.05) is 6.92 Å². The van der Waals surface area contributed by atoms with E-state index in [1.165, 1.54) is 12.8 Å². The van der Waals surface area contributed by atoms with Gasteiger partial charge in [0.1, 0.15) is 5.70 Å². The summed E-state index contributed by atoms with van der Waals surface area (Å²) < 4.78 is 1.62. The molecule has 1 unspecified atom stereocenters. The molecule has 2 aliphatic carbocycles. The topological polar surface area (TPSA) is 158 Å². The van der Waals surface area contributed by atoms with Crippen molar-refractivity contribution in [1.29, 1.82) is 0 Å². The lowest BCUT2D eigenvalue weighted by atomic mass is 9.91. The van der Waals surface area contributed by atoms with Crippen LogP contribution in [0, 0.1) is 0 Å². The lowest BCUT2D eigenvalue weighted by molar-refractivity contribution is -0.126. The lowest BCUT2D eigenvalue weighted by Gasteiger charge is -2.31. The van der Waals surface area contributed by atoms with Crippen LogP contribution in [0.3, 0.4) is 0 Å². The van der Waals surface area contributed by atoms with E-state index in [2.05, 4.69) is 36.6 Å². The van der Waals surface area contributed by atoms with Crippen LogP contribution in [0.2, 0.25) is 0 Å². The molecule has 2 aliphatic heterocycles. The predicted octanol–water partition coefficient (Wildman–Crippen LogP) is 1.20. The van der Waals surface area contributed by atoms with Crippen LogP contribution in [0.5, 0.6) is 0 Å². The highest BCUT2D eigenvalue weighted by Gasteiger charge is 2.29. The molecule has 4 fully saturated rings. The normalized spacial score (nSPS) is 25.9. The van der Waals surface area contributed by atoms with E-state index in [0.717, 1.165) is 51.6 Å². The first-order chi connectivity index (χ1) is 18.4. The molecular weight excluding hydrogens is 488 g/mol. The Morgan fingerprint density at radius 1 is 1.00 bits per heavy atom. The van der Waals surface area contributed by atoms with E-state index in [4.69, 9.17) is 9.97 Å². The van der Waals surface area contributed by atoms with E-state index < -0.39 is 11.9 Å². The Hall–Kier alpha value is -3.74. The van der Waals surface area contributed by atoms with Gasteiger partial charge in [-0.2, -0.15) is 19.6 Å². The Bertz CT molecular complexity index is 1270. The Balaban J connectivity index is 1.13. The van der Waals surface area contributed by atoms with E-state index in [1.54, 1.807) is 16.8 Å². The summed E-state index contributed by atoms with van der Waals surface area (Å²) in [4.78, 5) is 47.9. The maximum atomic E-state index is 12.7. The van der Waals surface area contributed by atoms with Gasteiger partial charge in [0.15, 0.2) is 5.65 Å². The Kier molecular flexibility index (Phi) is 6.60. The molecule has 38 heavy (non-hydrogen) atoms. The zero-order valence-corrected chi connectivity index (χ0v) is 21.5. The molecule has 0 spiro atoms. The minimum Gasteiger partial charge on any atom is -0.352 e. The largest absolute Gasteiger partial charge is 0.352 e. The summed E-state index contributed by atoms with van der Waals surface area (Å²) in [6, 6.07) is 0.0909. The van der Waals surface area contributed by atoms with E-state index in [-0.39, 0.29) is 29.7 Å². The van der Waals surface area contributed by atoms with Gasteiger partial charge in [0.25, 0.3) is 5.91 Å². The quantitative estimate of drug-likeness (QED) is 0.254. The van der Waals surface area contributed by atoms with Crippen LogP contribution in [0.15, 0.2) is 11.9 Å². The fourth-order valence-electron chi connectivity index (χ4n) is 5.38. The minimum absolute atomic E-state index is 0.0747. The summed E-state index contributed by atoms with van der Waals surface area (Å²) in [5, 5.41) is 19.3.